The standard InChI is InChI=1S/C53H107N2O6P/c1-6-8-10-12-14-16-18-20-21-22-23-24-25-26-27-28-29-30-31-32-33-34-35-36-38-40-42-44-46-52(56)51(50-61-62(58,59)60-49-48-55(3,4)5)54-53(57)47-45-43-41-39-37-19-17-15-13-11-9-7-2/h44,46,51-52,56H,6-43,45,47-50H2,1-5H3,(H-,54,57,58,59)/b46-44+. The van der Waals surface area contributed by atoms with Crippen LogP contribution in [0.2, 0.25) is 0 Å². The number of rotatable bonds is 50. The molecule has 0 rings (SSSR count). The average molecular weight is 899 g/mol. The van der Waals surface area contributed by atoms with E-state index in [2.05, 4.69) is 19.2 Å². The quantitative estimate of drug-likeness (QED) is 0.0272. The number of hydrogen-bond acceptors (Lipinski definition) is 6. The number of carbonyl (C=O) groups is 1. The van der Waals surface area contributed by atoms with Gasteiger partial charge < -0.3 is 28.8 Å². The summed E-state index contributed by atoms with van der Waals surface area (Å²) in [7, 11) is 1.27. The van der Waals surface area contributed by atoms with Crippen molar-refractivity contribution in [2.24, 2.45) is 0 Å². The second-order valence-electron chi connectivity index (χ2n) is 19.9. The lowest BCUT2D eigenvalue weighted by Gasteiger charge is -2.29. The van der Waals surface area contributed by atoms with E-state index in [1.807, 2.05) is 27.2 Å². The van der Waals surface area contributed by atoms with Gasteiger partial charge in [0.25, 0.3) is 7.82 Å². The number of allylic oxidation sites excluding steroid dienone is 1. The smallest absolute Gasteiger partial charge is 0.268 e. The molecule has 0 aliphatic rings. The maximum Gasteiger partial charge on any atom is 0.268 e. The molecule has 0 saturated heterocycles. The summed E-state index contributed by atoms with van der Waals surface area (Å²) in [6.07, 6.45) is 54.3. The number of hydrogen-bond donors (Lipinski definition) is 2. The van der Waals surface area contributed by atoms with Gasteiger partial charge in [0, 0.05) is 6.42 Å². The number of likely N-dealkylation sites (N-methyl/N-ethyl adjacent to an activating group) is 1. The van der Waals surface area contributed by atoms with Gasteiger partial charge in [0.05, 0.1) is 39.9 Å². The molecule has 0 spiro atoms. The van der Waals surface area contributed by atoms with E-state index in [1.54, 1.807) is 6.08 Å². The highest BCUT2D eigenvalue weighted by molar-refractivity contribution is 7.45. The van der Waals surface area contributed by atoms with Crippen molar-refractivity contribution < 1.29 is 32.9 Å². The average Bonchev–Trinajstić information content (AvgIpc) is 3.23. The van der Waals surface area contributed by atoms with Crippen molar-refractivity contribution in [3.05, 3.63) is 12.2 Å². The molecule has 0 aliphatic heterocycles. The van der Waals surface area contributed by atoms with Gasteiger partial charge in [-0.15, -0.1) is 0 Å². The third-order valence-corrected chi connectivity index (χ3v) is 13.5. The molecule has 62 heavy (non-hydrogen) atoms. The Bertz CT molecular complexity index is 1020. The number of phosphoric acid groups is 1. The van der Waals surface area contributed by atoms with Gasteiger partial charge in [-0.2, -0.15) is 0 Å². The van der Waals surface area contributed by atoms with E-state index in [0.717, 1.165) is 38.5 Å². The predicted octanol–water partition coefficient (Wildman–Crippen LogP) is 15.2. The predicted molar refractivity (Wildman–Crippen MR) is 266 cm³/mol. The van der Waals surface area contributed by atoms with Crippen molar-refractivity contribution in [2.75, 3.05) is 40.9 Å². The Morgan fingerprint density at radius 1 is 0.548 bits per heavy atom. The molecule has 0 aromatic carbocycles. The zero-order valence-corrected chi connectivity index (χ0v) is 43.0. The van der Waals surface area contributed by atoms with Crippen molar-refractivity contribution in [3.63, 3.8) is 0 Å². The zero-order chi connectivity index (χ0) is 45.7. The van der Waals surface area contributed by atoms with Crippen molar-refractivity contribution in [2.45, 2.75) is 283 Å². The lowest BCUT2D eigenvalue weighted by Crippen LogP contribution is -2.45. The maximum absolute atomic E-state index is 12.9. The number of nitrogens with one attached hydrogen (secondary N) is 1. The molecule has 0 aromatic heterocycles. The number of aliphatic hydroxyl groups excluding tert-OH is 1. The first kappa shape index (κ1) is 61.2. The van der Waals surface area contributed by atoms with E-state index in [4.69, 9.17) is 9.05 Å². The van der Waals surface area contributed by atoms with E-state index in [0.29, 0.717) is 17.4 Å². The lowest BCUT2D eigenvalue weighted by atomic mass is 10.0. The van der Waals surface area contributed by atoms with Crippen LogP contribution in [-0.4, -0.2) is 68.5 Å². The Morgan fingerprint density at radius 3 is 1.21 bits per heavy atom. The third kappa shape index (κ3) is 47.2. The van der Waals surface area contributed by atoms with Gasteiger partial charge in [-0.25, -0.2) is 0 Å². The first-order chi connectivity index (χ1) is 30.0. The molecule has 0 fully saturated rings. The Balaban J connectivity index is 4.11. The second kappa shape index (κ2) is 45.4. The van der Waals surface area contributed by atoms with Gasteiger partial charge in [-0.3, -0.25) is 9.36 Å². The van der Waals surface area contributed by atoms with Crippen LogP contribution in [0.25, 0.3) is 0 Å². The largest absolute Gasteiger partial charge is 0.756 e. The minimum atomic E-state index is -4.59. The van der Waals surface area contributed by atoms with Crippen molar-refractivity contribution in [1.82, 2.24) is 5.32 Å². The summed E-state index contributed by atoms with van der Waals surface area (Å²) >= 11 is 0. The number of quaternary nitrogens is 1. The molecular weight excluding hydrogens is 792 g/mol. The van der Waals surface area contributed by atoms with Crippen LogP contribution in [0.3, 0.4) is 0 Å². The SMILES string of the molecule is CCCCCCCCCCCCCCCCCCCCCCCCCCCC/C=C/C(O)C(COP(=O)([O-])OCC[N+](C)(C)C)NC(=O)CCCCCCCCCCCCCC. The molecule has 9 heteroatoms. The first-order valence-electron chi connectivity index (χ1n) is 27.1. The monoisotopic (exact) mass is 899 g/mol. The molecule has 0 aromatic rings. The summed E-state index contributed by atoms with van der Waals surface area (Å²) in [5.74, 6) is -0.194. The number of carbonyl (C=O) groups excluding carboxylic acids is 1. The molecule has 0 saturated carbocycles. The highest BCUT2D eigenvalue weighted by atomic mass is 31.2. The molecule has 0 bridgehead atoms. The van der Waals surface area contributed by atoms with Crippen LogP contribution in [-0.2, 0) is 18.4 Å². The van der Waals surface area contributed by atoms with Crippen LogP contribution in [0.15, 0.2) is 12.2 Å². The fourth-order valence-electron chi connectivity index (χ4n) is 8.21. The van der Waals surface area contributed by atoms with Crippen LogP contribution in [0.5, 0.6) is 0 Å². The van der Waals surface area contributed by atoms with Crippen LogP contribution >= 0.6 is 7.82 Å². The minimum Gasteiger partial charge on any atom is -0.756 e. The van der Waals surface area contributed by atoms with E-state index in [9.17, 15) is 19.4 Å². The van der Waals surface area contributed by atoms with Gasteiger partial charge in [-0.1, -0.05) is 257 Å². The van der Waals surface area contributed by atoms with Crippen LogP contribution in [0, 0.1) is 0 Å². The molecule has 1 amide bonds. The van der Waals surface area contributed by atoms with Gasteiger partial charge in [-0.05, 0) is 19.3 Å². The van der Waals surface area contributed by atoms with Crippen LogP contribution < -0.4 is 10.2 Å². The molecular formula is C53H107N2O6P. The summed E-state index contributed by atoms with van der Waals surface area (Å²) in [6.45, 7) is 4.67. The molecule has 8 nitrogen and oxygen atoms in total. The summed E-state index contributed by atoms with van der Waals surface area (Å²) < 4.78 is 23.3. The number of unbranched alkanes of at least 4 members (excludes halogenated alkanes) is 37. The molecule has 0 heterocycles. The Morgan fingerprint density at radius 2 is 0.871 bits per heavy atom. The van der Waals surface area contributed by atoms with Gasteiger partial charge in [0.15, 0.2) is 0 Å². The highest BCUT2D eigenvalue weighted by Crippen LogP contribution is 2.38. The Kier molecular flexibility index (Phi) is 44.8. The summed E-state index contributed by atoms with van der Waals surface area (Å²) in [5, 5.41) is 13.8. The van der Waals surface area contributed by atoms with E-state index in [1.165, 1.54) is 212 Å². The molecule has 3 atom stereocenters. The van der Waals surface area contributed by atoms with Crippen molar-refractivity contribution >= 4 is 13.7 Å². The Hall–Kier alpha value is -0.760. The van der Waals surface area contributed by atoms with E-state index in [-0.39, 0.29) is 19.1 Å². The fraction of sp³-hybridized carbons (Fsp3) is 0.943. The number of phosphoric ester groups is 1. The molecule has 370 valence electrons. The molecule has 3 unspecified atom stereocenters. The van der Waals surface area contributed by atoms with Gasteiger partial charge in [0.2, 0.25) is 5.91 Å². The van der Waals surface area contributed by atoms with Gasteiger partial charge in [0.1, 0.15) is 13.2 Å². The highest BCUT2D eigenvalue weighted by Gasteiger charge is 2.23. The maximum atomic E-state index is 12.9. The molecule has 0 aliphatic carbocycles. The van der Waals surface area contributed by atoms with Crippen LogP contribution in [0.1, 0.15) is 271 Å². The minimum absolute atomic E-state index is 0.00233. The Labute approximate surface area is 386 Å². The zero-order valence-electron chi connectivity index (χ0n) is 42.1. The van der Waals surface area contributed by atoms with Gasteiger partial charge >= 0.3 is 0 Å². The fourth-order valence-corrected chi connectivity index (χ4v) is 8.94. The molecule has 0 radical (unpaired) electrons. The summed E-state index contributed by atoms with van der Waals surface area (Å²) in [4.78, 5) is 25.3. The summed E-state index contributed by atoms with van der Waals surface area (Å²) in [5.41, 5.74) is 0. The topological polar surface area (TPSA) is 108 Å². The van der Waals surface area contributed by atoms with Crippen molar-refractivity contribution in [3.8, 4) is 0 Å². The summed E-state index contributed by atoms with van der Waals surface area (Å²) in [6, 6.07) is -0.880. The molecule has 2 N–H and O–H groups in total. The third-order valence-electron chi connectivity index (χ3n) is 12.5. The lowest BCUT2D eigenvalue weighted by molar-refractivity contribution is -0.870. The van der Waals surface area contributed by atoms with Crippen molar-refractivity contribution in [1.29, 1.82) is 0 Å². The first-order valence-corrected chi connectivity index (χ1v) is 28.5. The normalized spacial score (nSPS) is 14.1. The van der Waals surface area contributed by atoms with E-state index >= 15 is 0 Å². The number of amides is 1. The van der Waals surface area contributed by atoms with E-state index < -0.39 is 20.0 Å². The number of nitrogens with zero attached hydrogens (tertiary/aromatic N) is 1. The van der Waals surface area contributed by atoms with Crippen LogP contribution in [0.4, 0.5) is 0 Å². The number of aliphatic hydroxyl groups is 1. The second-order valence-corrected chi connectivity index (χ2v) is 21.4.